The number of benzene rings is 2. The van der Waals surface area contributed by atoms with Gasteiger partial charge in [-0.25, -0.2) is 13.2 Å². The van der Waals surface area contributed by atoms with E-state index in [1.807, 2.05) is 36.4 Å². The van der Waals surface area contributed by atoms with Gasteiger partial charge in [-0.3, -0.25) is 0 Å². The standard InChI is InChI=1S/C22H24F3IN2O3S/c1-21(2)30-11-13(31-21)10-22(6-7-22)32-28-19-17(29-3)9-15(24)18(25)20(19)27-16-5-4-12(26)8-14(16)23/h4-5,8-9,13,27-28H,6-7,10-11H2,1-3H3/t13-/m1/s1. The lowest BCUT2D eigenvalue weighted by Gasteiger charge is -2.23. The Labute approximate surface area is 203 Å². The molecule has 4 rings (SSSR count). The third kappa shape index (κ3) is 5.23. The van der Waals surface area contributed by atoms with Gasteiger partial charge in [0, 0.05) is 14.4 Å². The first kappa shape index (κ1) is 23.8. The quantitative estimate of drug-likeness (QED) is 0.271. The third-order valence-electron chi connectivity index (χ3n) is 5.44. The zero-order chi connectivity index (χ0) is 23.1. The first-order valence-electron chi connectivity index (χ1n) is 10.2. The Morgan fingerprint density at radius 2 is 1.91 bits per heavy atom. The van der Waals surface area contributed by atoms with Crippen LogP contribution in [0.25, 0.3) is 0 Å². The lowest BCUT2D eigenvalue weighted by atomic mass is 10.2. The number of anilines is 3. The van der Waals surface area contributed by atoms with Crippen LogP contribution in [0, 0.1) is 21.0 Å². The lowest BCUT2D eigenvalue weighted by Crippen LogP contribution is -2.24. The molecular formula is C22H24F3IN2O3S. The fourth-order valence-corrected chi connectivity index (χ4v) is 5.18. The topological polar surface area (TPSA) is 51.8 Å². The molecule has 0 unspecified atom stereocenters. The van der Waals surface area contributed by atoms with Gasteiger partial charge in [0.1, 0.15) is 22.9 Å². The van der Waals surface area contributed by atoms with Crippen LogP contribution in [0.2, 0.25) is 0 Å². The van der Waals surface area contributed by atoms with Crippen molar-refractivity contribution in [3.8, 4) is 5.75 Å². The maximum Gasteiger partial charge on any atom is 0.184 e. The molecule has 32 heavy (non-hydrogen) atoms. The van der Waals surface area contributed by atoms with E-state index < -0.39 is 23.2 Å². The Balaban J connectivity index is 1.57. The summed E-state index contributed by atoms with van der Waals surface area (Å²) in [5.41, 5.74) is 0.0290. The summed E-state index contributed by atoms with van der Waals surface area (Å²) in [5.74, 6) is -3.27. The normalized spacial score (nSPS) is 20.8. The summed E-state index contributed by atoms with van der Waals surface area (Å²) in [4.78, 5) is 0. The van der Waals surface area contributed by atoms with Crippen LogP contribution in [-0.2, 0) is 9.47 Å². The Bertz CT molecular complexity index is 1020. The number of nitrogens with one attached hydrogen (secondary N) is 2. The first-order chi connectivity index (χ1) is 15.1. The zero-order valence-electron chi connectivity index (χ0n) is 17.9. The summed E-state index contributed by atoms with van der Waals surface area (Å²) in [5, 5.41) is 2.70. The van der Waals surface area contributed by atoms with Crippen LogP contribution in [0.5, 0.6) is 5.75 Å². The van der Waals surface area contributed by atoms with E-state index in [0.717, 1.165) is 25.3 Å². The van der Waals surface area contributed by atoms with Crippen LogP contribution in [0.15, 0.2) is 24.3 Å². The van der Waals surface area contributed by atoms with Gasteiger partial charge in [0.2, 0.25) is 0 Å². The van der Waals surface area contributed by atoms with Gasteiger partial charge in [0.25, 0.3) is 0 Å². The smallest absolute Gasteiger partial charge is 0.184 e. The molecule has 2 aliphatic rings. The van der Waals surface area contributed by atoms with E-state index in [4.69, 9.17) is 14.2 Å². The molecule has 0 bridgehead atoms. The molecule has 1 aliphatic carbocycles. The molecule has 5 nitrogen and oxygen atoms in total. The van der Waals surface area contributed by atoms with Gasteiger partial charge < -0.3 is 24.2 Å². The van der Waals surface area contributed by atoms with Crippen molar-refractivity contribution >= 4 is 51.6 Å². The molecule has 2 N–H and O–H groups in total. The maximum atomic E-state index is 14.8. The Kier molecular flexibility index (Phi) is 6.77. The molecule has 2 aromatic carbocycles. The van der Waals surface area contributed by atoms with E-state index in [9.17, 15) is 13.2 Å². The molecule has 1 aliphatic heterocycles. The average molecular weight is 580 g/mol. The molecular weight excluding hydrogens is 556 g/mol. The molecule has 174 valence electrons. The highest BCUT2D eigenvalue weighted by atomic mass is 127. The third-order valence-corrected chi connectivity index (χ3v) is 7.42. The summed E-state index contributed by atoms with van der Waals surface area (Å²) in [7, 11) is 1.37. The second-order valence-electron chi connectivity index (χ2n) is 8.42. The Hall–Kier alpha value is -1.37. The highest BCUT2D eigenvalue weighted by Crippen LogP contribution is 2.54. The van der Waals surface area contributed by atoms with Crippen molar-refractivity contribution in [3.63, 3.8) is 0 Å². The van der Waals surface area contributed by atoms with Gasteiger partial charge >= 0.3 is 0 Å². The largest absolute Gasteiger partial charge is 0.494 e. The van der Waals surface area contributed by atoms with Crippen LogP contribution < -0.4 is 14.8 Å². The molecule has 2 aromatic rings. The van der Waals surface area contributed by atoms with E-state index in [1.165, 1.54) is 31.2 Å². The van der Waals surface area contributed by atoms with E-state index in [1.54, 1.807) is 6.07 Å². The van der Waals surface area contributed by atoms with Gasteiger partial charge in [-0.1, -0.05) is 0 Å². The SMILES string of the molecule is COc1cc(F)c(F)c(Nc2ccc(I)cc2F)c1NSC1(C[C@@H]2COC(C)(C)O2)CC1. The fourth-order valence-electron chi connectivity index (χ4n) is 3.63. The van der Waals surface area contributed by atoms with Crippen molar-refractivity contribution in [2.45, 2.75) is 49.7 Å². The Morgan fingerprint density at radius 3 is 2.50 bits per heavy atom. The number of ether oxygens (including phenoxy) is 3. The van der Waals surface area contributed by atoms with Crippen molar-refractivity contribution in [2.75, 3.05) is 23.8 Å². The molecule has 0 amide bonds. The van der Waals surface area contributed by atoms with E-state index in [-0.39, 0.29) is 33.7 Å². The van der Waals surface area contributed by atoms with Crippen molar-refractivity contribution in [3.05, 3.63) is 45.3 Å². The predicted molar refractivity (Wildman–Crippen MR) is 128 cm³/mol. The fraction of sp³-hybridized carbons (Fsp3) is 0.455. The average Bonchev–Trinajstić information content (AvgIpc) is 3.40. The van der Waals surface area contributed by atoms with Gasteiger partial charge in [-0.05, 0) is 85.8 Å². The van der Waals surface area contributed by atoms with Crippen LogP contribution in [-0.4, -0.2) is 30.4 Å². The van der Waals surface area contributed by atoms with Crippen LogP contribution in [0.3, 0.4) is 0 Å². The number of hydrogen-bond donors (Lipinski definition) is 2. The van der Waals surface area contributed by atoms with Gasteiger partial charge in [-0.2, -0.15) is 0 Å². The van der Waals surface area contributed by atoms with Crippen LogP contribution >= 0.6 is 34.5 Å². The minimum absolute atomic E-state index is 0.0323. The number of hydrogen-bond acceptors (Lipinski definition) is 6. The second kappa shape index (κ2) is 9.11. The predicted octanol–water partition coefficient (Wildman–Crippen LogP) is 6.60. The highest BCUT2D eigenvalue weighted by molar-refractivity contribution is 14.1. The van der Waals surface area contributed by atoms with Crippen LogP contribution in [0.4, 0.5) is 30.2 Å². The molecule has 1 saturated carbocycles. The van der Waals surface area contributed by atoms with Gasteiger partial charge in [-0.15, -0.1) is 0 Å². The zero-order valence-corrected chi connectivity index (χ0v) is 20.8. The Morgan fingerprint density at radius 1 is 1.16 bits per heavy atom. The van der Waals surface area contributed by atoms with Crippen molar-refractivity contribution in [1.29, 1.82) is 0 Å². The minimum atomic E-state index is -1.12. The molecule has 10 heteroatoms. The monoisotopic (exact) mass is 580 g/mol. The van der Waals surface area contributed by atoms with Gasteiger partial charge in [0.15, 0.2) is 17.4 Å². The maximum absolute atomic E-state index is 14.8. The summed E-state index contributed by atoms with van der Waals surface area (Å²) in [6, 6.07) is 5.44. The highest BCUT2D eigenvalue weighted by Gasteiger charge is 2.48. The second-order valence-corrected chi connectivity index (χ2v) is 10.9. The molecule has 2 fully saturated rings. The summed E-state index contributed by atoms with van der Waals surface area (Å²) in [6.07, 6.45) is 2.62. The van der Waals surface area contributed by atoms with E-state index in [0.29, 0.717) is 10.2 Å². The molecule has 1 saturated heterocycles. The molecule has 0 aromatic heterocycles. The summed E-state index contributed by atoms with van der Waals surface area (Å²) >= 11 is 3.39. The lowest BCUT2D eigenvalue weighted by molar-refractivity contribution is -0.139. The van der Waals surface area contributed by atoms with Gasteiger partial charge in [0.05, 0.1) is 25.5 Å². The number of rotatable bonds is 8. The van der Waals surface area contributed by atoms with Crippen molar-refractivity contribution in [1.82, 2.24) is 0 Å². The van der Waals surface area contributed by atoms with Crippen molar-refractivity contribution in [2.24, 2.45) is 0 Å². The van der Waals surface area contributed by atoms with E-state index >= 15 is 0 Å². The number of methoxy groups -OCH3 is 1. The summed E-state index contributed by atoms with van der Waals surface area (Å²) < 4.78 is 64.1. The summed E-state index contributed by atoms with van der Waals surface area (Å²) in [6.45, 7) is 4.28. The number of halogens is 4. The minimum Gasteiger partial charge on any atom is -0.494 e. The molecule has 0 radical (unpaired) electrons. The first-order valence-corrected chi connectivity index (χ1v) is 12.0. The van der Waals surface area contributed by atoms with E-state index in [2.05, 4.69) is 10.0 Å². The van der Waals surface area contributed by atoms with Crippen molar-refractivity contribution < 1.29 is 27.4 Å². The molecule has 1 heterocycles. The molecule has 0 spiro atoms. The van der Waals surface area contributed by atoms with Crippen LogP contribution in [0.1, 0.15) is 33.1 Å². The molecule has 1 atom stereocenters.